The molecule has 0 aliphatic heterocycles. The van der Waals surface area contributed by atoms with Gasteiger partial charge in [-0.05, 0) is 27.3 Å². The second-order valence-corrected chi connectivity index (χ2v) is 4.81. The summed E-state index contributed by atoms with van der Waals surface area (Å²) in [6, 6.07) is 0.283. The monoisotopic (exact) mass is 266 g/mol. The highest BCUT2D eigenvalue weighted by molar-refractivity contribution is 5.41. The van der Waals surface area contributed by atoms with E-state index in [2.05, 4.69) is 24.1 Å². The lowest BCUT2D eigenvalue weighted by atomic mass is 10.0. The van der Waals surface area contributed by atoms with Crippen molar-refractivity contribution in [3.8, 4) is 5.75 Å². The van der Waals surface area contributed by atoms with Crippen molar-refractivity contribution in [1.29, 1.82) is 0 Å². The van der Waals surface area contributed by atoms with Gasteiger partial charge in [0, 0.05) is 42.1 Å². The number of nitrogens with one attached hydrogen (secondary N) is 1. The van der Waals surface area contributed by atoms with Gasteiger partial charge in [-0.3, -0.25) is 4.98 Å². The Bertz CT molecular complexity index is 394. The Morgan fingerprint density at radius 3 is 2.68 bits per heavy atom. The molecule has 0 saturated heterocycles. The van der Waals surface area contributed by atoms with Crippen LogP contribution in [-0.2, 0) is 11.2 Å². The van der Waals surface area contributed by atoms with Crippen molar-refractivity contribution in [2.24, 2.45) is 0 Å². The van der Waals surface area contributed by atoms with Gasteiger partial charge in [0.2, 0.25) is 0 Å². The molecule has 1 N–H and O–H groups in total. The zero-order valence-electron chi connectivity index (χ0n) is 12.7. The van der Waals surface area contributed by atoms with Crippen LogP contribution in [-0.4, -0.2) is 38.4 Å². The van der Waals surface area contributed by atoms with Crippen LogP contribution in [0.4, 0.5) is 0 Å². The number of aromatic nitrogens is 1. The van der Waals surface area contributed by atoms with E-state index in [4.69, 9.17) is 9.47 Å². The Hall–Kier alpha value is -1.13. The molecule has 4 nitrogen and oxygen atoms in total. The molecule has 1 atom stereocenters. The second-order valence-electron chi connectivity index (χ2n) is 4.81. The molecule has 108 valence electrons. The summed E-state index contributed by atoms with van der Waals surface area (Å²) in [5.41, 5.74) is 3.27. The molecule has 1 aromatic rings. The Morgan fingerprint density at radius 2 is 2.11 bits per heavy atom. The number of nitrogens with zero attached hydrogens (tertiary/aromatic N) is 1. The number of hydrogen-bond donors (Lipinski definition) is 1. The number of rotatable bonds is 8. The Kier molecular flexibility index (Phi) is 6.81. The van der Waals surface area contributed by atoms with Crippen LogP contribution in [0, 0.1) is 13.8 Å². The highest BCUT2D eigenvalue weighted by Crippen LogP contribution is 2.24. The van der Waals surface area contributed by atoms with E-state index in [0.717, 1.165) is 42.0 Å². The summed E-state index contributed by atoms with van der Waals surface area (Å²) in [4.78, 5) is 4.53. The van der Waals surface area contributed by atoms with Gasteiger partial charge < -0.3 is 14.8 Å². The summed E-state index contributed by atoms with van der Waals surface area (Å²) in [7, 11) is 3.67. The third-order valence-electron chi connectivity index (χ3n) is 3.27. The molecular formula is C15H26N2O2. The van der Waals surface area contributed by atoms with Crippen LogP contribution in [0.5, 0.6) is 5.75 Å². The van der Waals surface area contributed by atoms with Gasteiger partial charge in [-0.15, -0.1) is 0 Å². The lowest BCUT2D eigenvalue weighted by Crippen LogP contribution is -2.33. The quantitative estimate of drug-likeness (QED) is 0.733. The van der Waals surface area contributed by atoms with Crippen LogP contribution in [0.2, 0.25) is 0 Å². The number of methoxy groups -OCH3 is 1. The number of aryl methyl sites for hydroxylation is 1. The van der Waals surface area contributed by atoms with Crippen molar-refractivity contribution in [2.75, 3.05) is 27.4 Å². The van der Waals surface area contributed by atoms with Gasteiger partial charge in [-0.1, -0.05) is 6.92 Å². The van der Waals surface area contributed by atoms with E-state index in [-0.39, 0.29) is 6.04 Å². The van der Waals surface area contributed by atoms with Crippen molar-refractivity contribution in [3.63, 3.8) is 0 Å². The fourth-order valence-corrected chi connectivity index (χ4v) is 2.12. The maximum absolute atomic E-state index is 5.61. The van der Waals surface area contributed by atoms with Crippen LogP contribution in [0.1, 0.15) is 30.2 Å². The average Bonchev–Trinajstić information content (AvgIpc) is 2.41. The van der Waals surface area contributed by atoms with E-state index in [0.29, 0.717) is 6.61 Å². The first-order chi connectivity index (χ1) is 9.13. The van der Waals surface area contributed by atoms with Gasteiger partial charge in [-0.2, -0.15) is 0 Å². The highest BCUT2D eigenvalue weighted by Gasteiger charge is 2.14. The molecule has 0 radical (unpaired) electrons. The molecule has 0 aromatic carbocycles. The topological polar surface area (TPSA) is 43.4 Å². The van der Waals surface area contributed by atoms with Gasteiger partial charge in [-0.25, -0.2) is 0 Å². The van der Waals surface area contributed by atoms with Gasteiger partial charge in [0.25, 0.3) is 0 Å². The van der Waals surface area contributed by atoms with Gasteiger partial charge in [0.1, 0.15) is 5.75 Å². The molecule has 1 heterocycles. The zero-order chi connectivity index (χ0) is 14.3. The predicted octanol–water partition coefficient (Wildman–Crippen LogP) is 2.26. The number of hydrogen-bond acceptors (Lipinski definition) is 4. The first-order valence-electron chi connectivity index (χ1n) is 6.88. The van der Waals surface area contributed by atoms with Crippen molar-refractivity contribution in [1.82, 2.24) is 10.3 Å². The van der Waals surface area contributed by atoms with E-state index in [9.17, 15) is 0 Å². The van der Waals surface area contributed by atoms with E-state index >= 15 is 0 Å². The molecule has 0 spiro atoms. The van der Waals surface area contributed by atoms with Gasteiger partial charge in [0.05, 0.1) is 13.7 Å². The van der Waals surface area contributed by atoms with Crippen LogP contribution in [0.15, 0.2) is 6.20 Å². The normalized spacial score (nSPS) is 12.5. The molecule has 1 unspecified atom stereocenters. The van der Waals surface area contributed by atoms with Crippen molar-refractivity contribution >= 4 is 0 Å². The van der Waals surface area contributed by atoms with Gasteiger partial charge >= 0.3 is 0 Å². The summed E-state index contributed by atoms with van der Waals surface area (Å²) in [6.45, 7) is 7.71. The lowest BCUT2D eigenvalue weighted by Gasteiger charge is -2.18. The van der Waals surface area contributed by atoms with Crippen LogP contribution >= 0.6 is 0 Å². The zero-order valence-corrected chi connectivity index (χ0v) is 12.7. The Morgan fingerprint density at radius 1 is 1.37 bits per heavy atom. The van der Waals surface area contributed by atoms with E-state index in [1.54, 1.807) is 7.11 Å². The number of pyridine rings is 1. The first-order valence-corrected chi connectivity index (χ1v) is 6.88. The summed E-state index contributed by atoms with van der Waals surface area (Å²) in [6.07, 6.45) is 3.77. The maximum atomic E-state index is 5.61. The Balaban J connectivity index is 2.74. The third-order valence-corrected chi connectivity index (χ3v) is 3.27. The summed E-state index contributed by atoms with van der Waals surface area (Å²) >= 11 is 0. The molecule has 1 aromatic heterocycles. The van der Waals surface area contributed by atoms with E-state index in [1.807, 2.05) is 20.2 Å². The molecule has 0 fully saturated rings. The van der Waals surface area contributed by atoms with E-state index < -0.39 is 0 Å². The SMILES string of the molecule is CCCOCC(Cc1ncc(C)c(OC)c1C)NC. The van der Waals surface area contributed by atoms with Crippen LogP contribution in [0.3, 0.4) is 0 Å². The minimum absolute atomic E-state index is 0.283. The van der Waals surface area contributed by atoms with E-state index in [1.165, 1.54) is 0 Å². The molecule has 1 rings (SSSR count). The third kappa shape index (κ3) is 4.48. The smallest absolute Gasteiger partial charge is 0.128 e. The molecule has 0 amide bonds. The highest BCUT2D eigenvalue weighted by atomic mass is 16.5. The molecule has 19 heavy (non-hydrogen) atoms. The first kappa shape index (κ1) is 15.9. The minimum Gasteiger partial charge on any atom is -0.496 e. The summed E-state index contributed by atoms with van der Waals surface area (Å²) in [5, 5.41) is 3.28. The van der Waals surface area contributed by atoms with Crippen molar-refractivity contribution < 1.29 is 9.47 Å². The molecular weight excluding hydrogens is 240 g/mol. The fraction of sp³-hybridized carbons (Fsp3) is 0.667. The number of ether oxygens (including phenoxy) is 2. The molecule has 0 aliphatic carbocycles. The Labute approximate surface area is 116 Å². The fourth-order valence-electron chi connectivity index (χ4n) is 2.12. The van der Waals surface area contributed by atoms with Gasteiger partial charge in [0.15, 0.2) is 0 Å². The average molecular weight is 266 g/mol. The van der Waals surface area contributed by atoms with Crippen molar-refractivity contribution in [3.05, 3.63) is 23.0 Å². The second kappa shape index (κ2) is 8.12. The van der Waals surface area contributed by atoms with Crippen molar-refractivity contribution in [2.45, 2.75) is 39.7 Å². The van der Waals surface area contributed by atoms with Crippen LogP contribution < -0.4 is 10.1 Å². The molecule has 0 saturated carbocycles. The standard InChI is InChI=1S/C15H26N2O2/c1-6-7-19-10-13(16-4)8-14-12(3)15(18-5)11(2)9-17-14/h9,13,16H,6-8,10H2,1-5H3. The van der Waals surface area contributed by atoms with Crippen LogP contribution in [0.25, 0.3) is 0 Å². The predicted molar refractivity (Wildman–Crippen MR) is 77.9 cm³/mol. The minimum atomic E-state index is 0.283. The lowest BCUT2D eigenvalue weighted by molar-refractivity contribution is 0.113. The molecule has 4 heteroatoms. The number of likely N-dealkylation sites (N-methyl/N-ethyl adjacent to an activating group) is 1. The molecule has 0 bridgehead atoms. The maximum Gasteiger partial charge on any atom is 0.128 e. The molecule has 0 aliphatic rings. The summed E-state index contributed by atoms with van der Waals surface area (Å²) < 4.78 is 11.0. The summed E-state index contributed by atoms with van der Waals surface area (Å²) in [5.74, 6) is 0.939. The largest absolute Gasteiger partial charge is 0.496 e.